The smallest absolute Gasteiger partial charge is 0.272 e. The predicted molar refractivity (Wildman–Crippen MR) is 81.6 cm³/mol. The molecule has 0 unspecified atom stereocenters. The topological polar surface area (TPSA) is 58.1 Å². The molecule has 1 fully saturated rings. The molecule has 1 aromatic heterocycles. The van der Waals surface area contributed by atoms with E-state index >= 15 is 0 Å². The van der Waals surface area contributed by atoms with Gasteiger partial charge in [0.1, 0.15) is 11.5 Å². The minimum absolute atomic E-state index is 0.0647. The van der Waals surface area contributed by atoms with Gasteiger partial charge in [0.05, 0.1) is 0 Å². The molecule has 1 aliphatic heterocycles. The van der Waals surface area contributed by atoms with Gasteiger partial charge >= 0.3 is 0 Å². The van der Waals surface area contributed by atoms with E-state index in [1.807, 2.05) is 11.8 Å². The summed E-state index contributed by atoms with van der Waals surface area (Å²) >= 11 is 0. The van der Waals surface area contributed by atoms with Gasteiger partial charge in [-0.15, -0.1) is 0 Å². The van der Waals surface area contributed by atoms with Gasteiger partial charge in [-0.1, -0.05) is 0 Å². The number of aryl methyl sites for hydroxylation is 1. The number of nitrogens with zero attached hydrogens (tertiary/aromatic N) is 3. The molecule has 114 valence electrons. The van der Waals surface area contributed by atoms with Crippen molar-refractivity contribution in [3.63, 3.8) is 0 Å². The van der Waals surface area contributed by atoms with Crippen LogP contribution in [0, 0.1) is 12.7 Å². The molecule has 2 heterocycles. The van der Waals surface area contributed by atoms with Gasteiger partial charge in [-0.2, -0.15) is 0 Å². The van der Waals surface area contributed by atoms with Gasteiger partial charge in [0.25, 0.3) is 5.91 Å². The van der Waals surface area contributed by atoms with Gasteiger partial charge < -0.3 is 10.2 Å². The number of nitrogens with one attached hydrogen (secondary N) is 1. The molecule has 3 rings (SSSR count). The Morgan fingerprint density at radius 2 is 1.86 bits per heavy atom. The maximum Gasteiger partial charge on any atom is 0.272 e. The van der Waals surface area contributed by atoms with Crippen LogP contribution in [0.4, 0.5) is 16.0 Å². The summed E-state index contributed by atoms with van der Waals surface area (Å²) in [7, 11) is 0. The molecule has 1 aromatic carbocycles. The summed E-state index contributed by atoms with van der Waals surface area (Å²) in [6.07, 6.45) is 2.08. The van der Waals surface area contributed by atoms with Crippen molar-refractivity contribution >= 4 is 17.5 Å². The first-order valence-electron chi connectivity index (χ1n) is 7.29. The predicted octanol–water partition coefficient (Wildman–Crippen LogP) is 2.90. The highest BCUT2D eigenvalue weighted by molar-refractivity contribution is 5.92. The van der Waals surface area contributed by atoms with E-state index in [4.69, 9.17) is 0 Å². The molecule has 0 radical (unpaired) electrons. The van der Waals surface area contributed by atoms with Crippen LogP contribution in [0.25, 0.3) is 0 Å². The van der Waals surface area contributed by atoms with Gasteiger partial charge in [-0.25, -0.2) is 14.4 Å². The third-order valence-corrected chi connectivity index (χ3v) is 3.57. The number of hydrogen-bond donors (Lipinski definition) is 1. The lowest BCUT2D eigenvalue weighted by atomic mass is 10.3. The third kappa shape index (κ3) is 3.21. The zero-order valence-corrected chi connectivity index (χ0v) is 12.3. The van der Waals surface area contributed by atoms with Crippen molar-refractivity contribution in [1.82, 2.24) is 14.9 Å². The summed E-state index contributed by atoms with van der Waals surface area (Å²) < 4.78 is 12.9. The van der Waals surface area contributed by atoms with Crippen LogP contribution in [0.3, 0.4) is 0 Å². The number of likely N-dealkylation sites (tertiary alicyclic amines) is 1. The highest BCUT2D eigenvalue weighted by atomic mass is 19.1. The molecule has 22 heavy (non-hydrogen) atoms. The number of aromatic nitrogens is 2. The Morgan fingerprint density at radius 3 is 2.55 bits per heavy atom. The van der Waals surface area contributed by atoms with Gasteiger partial charge in [-0.3, -0.25) is 4.79 Å². The van der Waals surface area contributed by atoms with Gasteiger partial charge in [0.15, 0.2) is 0 Å². The van der Waals surface area contributed by atoms with Crippen molar-refractivity contribution in [2.45, 2.75) is 19.8 Å². The molecular weight excluding hydrogens is 283 g/mol. The fourth-order valence-electron chi connectivity index (χ4n) is 2.48. The monoisotopic (exact) mass is 300 g/mol. The molecule has 0 bridgehead atoms. The summed E-state index contributed by atoms with van der Waals surface area (Å²) in [4.78, 5) is 22.8. The van der Waals surface area contributed by atoms with Gasteiger partial charge in [0.2, 0.25) is 5.95 Å². The van der Waals surface area contributed by atoms with E-state index in [1.165, 1.54) is 12.1 Å². The third-order valence-electron chi connectivity index (χ3n) is 3.57. The second-order valence-corrected chi connectivity index (χ2v) is 5.35. The highest BCUT2D eigenvalue weighted by Gasteiger charge is 2.21. The van der Waals surface area contributed by atoms with Crippen LogP contribution in [-0.2, 0) is 0 Å². The normalized spacial score (nSPS) is 14.2. The number of rotatable bonds is 3. The minimum atomic E-state index is -0.305. The summed E-state index contributed by atoms with van der Waals surface area (Å²) in [5, 5.41) is 3.00. The second kappa shape index (κ2) is 6.09. The molecule has 0 saturated carbocycles. The molecule has 1 saturated heterocycles. The molecule has 1 amide bonds. The molecule has 1 aliphatic rings. The summed E-state index contributed by atoms with van der Waals surface area (Å²) in [6, 6.07) is 7.60. The molecular formula is C16H17FN4O. The van der Waals surface area contributed by atoms with Crippen LogP contribution in [0.1, 0.15) is 29.0 Å². The van der Waals surface area contributed by atoms with Crippen molar-refractivity contribution in [2.75, 3.05) is 18.4 Å². The lowest BCUT2D eigenvalue weighted by molar-refractivity contribution is 0.0787. The number of halogens is 1. The van der Waals surface area contributed by atoms with E-state index in [9.17, 15) is 9.18 Å². The van der Waals surface area contributed by atoms with Crippen LogP contribution in [0.2, 0.25) is 0 Å². The number of hydrogen-bond acceptors (Lipinski definition) is 4. The fraction of sp³-hybridized carbons (Fsp3) is 0.312. The van der Waals surface area contributed by atoms with Crippen LogP contribution in [0.15, 0.2) is 30.3 Å². The number of anilines is 2. The second-order valence-electron chi connectivity index (χ2n) is 5.35. The number of amides is 1. The Bertz CT molecular complexity index is 681. The van der Waals surface area contributed by atoms with E-state index in [0.717, 1.165) is 25.9 Å². The largest absolute Gasteiger partial charge is 0.337 e. The first-order chi connectivity index (χ1) is 10.6. The average Bonchev–Trinajstić information content (AvgIpc) is 3.02. The SMILES string of the molecule is Cc1cc(C(=O)N2CCCC2)nc(Nc2ccc(F)cc2)n1. The van der Waals surface area contributed by atoms with Crippen LogP contribution < -0.4 is 5.32 Å². The maximum atomic E-state index is 12.9. The van der Waals surface area contributed by atoms with Crippen LogP contribution >= 0.6 is 0 Å². The maximum absolute atomic E-state index is 12.9. The Labute approximate surface area is 128 Å². The molecule has 0 spiro atoms. The number of carbonyl (C=O) groups is 1. The van der Waals surface area contributed by atoms with Crippen molar-refractivity contribution in [3.8, 4) is 0 Å². The van der Waals surface area contributed by atoms with E-state index < -0.39 is 0 Å². The molecule has 6 heteroatoms. The Morgan fingerprint density at radius 1 is 1.18 bits per heavy atom. The van der Waals surface area contributed by atoms with Crippen LogP contribution in [-0.4, -0.2) is 33.9 Å². The minimum Gasteiger partial charge on any atom is -0.337 e. The lowest BCUT2D eigenvalue weighted by Crippen LogP contribution is -2.28. The number of carbonyl (C=O) groups excluding carboxylic acids is 1. The first-order valence-corrected chi connectivity index (χ1v) is 7.29. The van der Waals surface area contributed by atoms with Crippen molar-refractivity contribution in [3.05, 3.63) is 47.5 Å². The Hall–Kier alpha value is -2.50. The summed E-state index contributed by atoms with van der Waals surface area (Å²) in [5.41, 5.74) is 1.77. The lowest BCUT2D eigenvalue weighted by Gasteiger charge is -2.15. The van der Waals surface area contributed by atoms with E-state index in [-0.39, 0.29) is 11.7 Å². The van der Waals surface area contributed by atoms with Gasteiger partial charge in [0, 0.05) is 24.5 Å². The quantitative estimate of drug-likeness (QED) is 0.947. The molecule has 0 aliphatic carbocycles. The average molecular weight is 300 g/mol. The van der Waals surface area contributed by atoms with E-state index in [0.29, 0.717) is 23.0 Å². The highest BCUT2D eigenvalue weighted by Crippen LogP contribution is 2.17. The first kappa shape index (κ1) is 14.4. The zero-order chi connectivity index (χ0) is 15.5. The number of benzene rings is 1. The Balaban J connectivity index is 1.82. The van der Waals surface area contributed by atoms with E-state index in [2.05, 4.69) is 15.3 Å². The van der Waals surface area contributed by atoms with Crippen LogP contribution in [0.5, 0.6) is 0 Å². The summed E-state index contributed by atoms with van der Waals surface area (Å²) in [6.45, 7) is 3.38. The van der Waals surface area contributed by atoms with E-state index in [1.54, 1.807) is 18.2 Å². The standard InChI is InChI=1S/C16H17FN4O/c1-11-10-14(15(22)21-8-2-3-9-21)20-16(18-11)19-13-6-4-12(17)5-7-13/h4-7,10H,2-3,8-9H2,1H3,(H,18,19,20). The fourth-order valence-corrected chi connectivity index (χ4v) is 2.48. The van der Waals surface area contributed by atoms with Gasteiger partial charge in [-0.05, 0) is 50.1 Å². The molecule has 0 atom stereocenters. The zero-order valence-electron chi connectivity index (χ0n) is 12.3. The Kier molecular flexibility index (Phi) is 4.00. The molecule has 2 aromatic rings. The molecule has 5 nitrogen and oxygen atoms in total. The molecule has 1 N–H and O–H groups in total. The summed E-state index contributed by atoms with van der Waals surface area (Å²) in [5.74, 6) is -0.0278. The van der Waals surface area contributed by atoms with Crippen molar-refractivity contribution in [1.29, 1.82) is 0 Å². The van der Waals surface area contributed by atoms with Crippen molar-refractivity contribution in [2.24, 2.45) is 0 Å². The van der Waals surface area contributed by atoms with Crippen molar-refractivity contribution < 1.29 is 9.18 Å².